The normalized spacial score (nSPS) is 12.4. The maximum Gasteiger partial charge on any atom is 0.237 e. The van der Waals surface area contributed by atoms with Gasteiger partial charge in [-0.3, -0.25) is 4.79 Å². The van der Waals surface area contributed by atoms with Gasteiger partial charge in [0, 0.05) is 24.3 Å². The van der Waals surface area contributed by atoms with Crippen LogP contribution in [0.5, 0.6) is 0 Å². The number of hydrogen-bond donors (Lipinski definition) is 3. The molecule has 0 spiro atoms. The van der Waals surface area contributed by atoms with Crippen LogP contribution in [0.3, 0.4) is 0 Å². The van der Waals surface area contributed by atoms with Crippen molar-refractivity contribution in [2.24, 2.45) is 5.73 Å². The standard InChI is InChI=1S/C22H36N4O/c1-2-3-4-5-6-7-8-9-10-11-14-25-22(27)20(23)16-18-17-26-21-19(18)13-12-15-24-21/h12-13,15,17,20H,2-11,14,16,23H2,1H3,(H,24,26)(H,25,27)/t20-/m0/s1. The van der Waals surface area contributed by atoms with Crippen molar-refractivity contribution in [3.05, 3.63) is 30.1 Å². The van der Waals surface area contributed by atoms with E-state index in [2.05, 4.69) is 22.2 Å². The highest BCUT2D eigenvalue weighted by Gasteiger charge is 2.15. The Morgan fingerprint density at radius 3 is 2.48 bits per heavy atom. The molecule has 0 radical (unpaired) electrons. The van der Waals surface area contributed by atoms with E-state index >= 15 is 0 Å². The van der Waals surface area contributed by atoms with Gasteiger partial charge in [-0.05, 0) is 30.5 Å². The van der Waals surface area contributed by atoms with E-state index in [1.54, 1.807) is 6.20 Å². The smallest absolute Gasteiger partial charge is 0.237 e. The fourth-order valence-corrected chi connectivity index (χ4v) is 3.47. The Morgan fingerprint density at radius 1 is 1.11 bits per heavy atom. The number of nitrogens with one attached hydrogen (secondary N) is 2. The highest BCUT2D eigenvalue weighted by molar-refractivity contribution is 5.84. The molecule has 0 aliphatic rings. The lowest BCUT2D eigenvalue weighted by Crippen LogP contribution is -2.42. The van der Waals surface area contributed by atoms with Crippen LogP contribution in [0, 0.1) is 0 Å². The molecule has 150 valence electrons. The Hall–Kier alpha value is -1.88. The van der Waals surface area contributed by atoms with Crippen LogP contribution in [0.15, 0.2) is 24.5 Å². The summed E-state index contributed by atoms with van der Waals surface area (Å²) in [6.07, 6.45) is 17.1. The monoisotopic (exact) mass is 372 g/mol. The molecule has 2 heterocycles. The molecule has 0 bridgehead atoms. The maximum atomic E-state index is 12.2. The molecular weight excluding hydrogens is 336 g/mol. The molecule has 5 heteroatoms. The SMILES string of the molecule is CCCCCCCCCCCCNC(=O)[C@@H](N)Cc1c[nH]c2ncccc12. The molecule has 0 aliphatic carbocycles. The summed E-state index contributed by atoms with van der Waals surface area (Å²) in [6.45, 7) is 2.98. The van der Waals surface area contributed by atoms with Crippen molar-refractivity contribution in [1.82, 2.24) is 15.3 Å². The van der Waals surface area contributed by atoms with Crippen LogP contribution in [0.2, 0.25) is 0 Å². The van der Waals surface area contributed by atoms with Crippen molar-refractivity contribution in [1.29, 1.82) is 0 Å². The number of carbonyl (C=O) groups excluding carboxylic acids is 1. The zero-order valence-electron chi connectivity index (χ0n) is 16.8. The summed E-state index contributed by atoms with van der Waals surface area (Å²) in [7, 11) is 0. The fourth-order valence-electron chi connectivity index (χ4n) is 3.47. The van der Waals surface area contributed by atoms with Gasteiger partial charge in [-0.15, -0.1) is 0 Å². The number of hydrogen-bond acceptors (Lipinski definition) is 3. The number of fused-ring (bicyclic) bond motifs is 1. The third-order valence-corrected chi connectivity index (χ3v) is 5.14. The van der Waals surface area contributed by atoms with E-state index in [-0.39, 0.29) is 5.91 Å². The molecule has 2 rings (SSSR count). The molecule has 0 saturated heterocycles. The second-order valence-electron chi connectivity index (χ2n) is 7.50. The summed E-state index contributed by atoms with van der Waals surface area (Å²) >= 11 is 0. The Morgan fingerprint density at radius 2 is 1.78 bits per heavy atom. The first kappa shape index (κ1) is 21.4. The van der Waals surface area contributed by atoms with E-state index in [1.165, 1.54) is 57.8 Å². The van der Waals surface area contributed by atoms with Gasteiger partial charge in [0.05, 0.1) is 6.04 Å². The lowest BCUT2D eigenvalue weighted by molar-refractivity contribution is -0.122. The lowest BCUT2D eigenvalue weighted by atomic mass is 10.1. The van der Waals surface area contributed by atoms with Crippen molar-refractivity contribution in [2.75, 3.05) is 6.54 Å². The number of H-pyrrole nitrogens is 1. The topological polar surface area (TPSA) is 83.8 Å². The van der Waals surface area contributed by atoms with Crippen LogP contribution < -0.4 is 11.1 Å². The molecule has 1 atom stereocenters. The molecule has 5 nitrogen and oxygen atoms in total. The number of nitrogens with zero attached hydrogens (tertiary/aromatic N) is 1. The number of rotatable bonds is 14. The zero-order chi connectivity index (χ0) is 19.3. The van der Waals surface area contributed by atoms with Crippen molar-refractivity contribution in [3.63, 3.8) is 0 Å². The minimum atomic E-state index is -0.521. The van der Waals surface area contributed by atoms with E-state index in [4.69, 9.17) is 5.73 Å². The van der Waals surface area contributed by atoms with Gasteiger partial charge in [0.25, 0.3) is 0 Å². The molecule has 27 heavy (non-hydrogen) atoms. The average molecular weight is 373 g/mol. The first-order valence-electron chi connectivity index (χ1n) is 10.7. The van der Waals surface area contributed by atoms with Crippen LogP contribution in [0.1, 0.15) is 76.7 Å². The number of aromatic nitrogens is 2. The zero-order valence-corrected chi connectivity index (χ0v) is 16.8. The molecule has 1 amide bonds. The third kappa shape index (κ3) is 7.71. The molecule has 0 aliphatic heterocycles. The Balaban J connectivity index is 1.53. The molecule has 0 fully saturated rings. The lowest BCUT2D eigenvalue weighted by Gasteiger charge is -2.12. The van der Waals surface area contributed by atoms with Gasteiger partial charge in [0.15, 0.2) is 0 Å². The molecular formula is C22H36N4O. The van der Waals surface area contributed by atoms with Gasteiger partial charge < -0.3 is 16.0 Å². The first-order valence-corrected chi connectivity index (χ1v) is 10.7. The highest BCUT2D eigenvalue weighted by Crippen LogP contribution is 2.17. The van der Waals surface area contributed by atoms with Gasteiger partial charge in [-0.1, -0.05) is 64.7 Å². The quantitative estimate of drug-likeness (QED) is 0.428. The molecule has 2 aromatic rings. The third-order valence-electron chi connectivity index (χ3n) is 5.14. The van der Waals surface area contributed by atoms with Crippen LogP contribution >= 0.6 is 0 Å². The summed E-state index contributed by atoms with van der Waals surface area (Å²) in [4.78, 5) is 19.6. The number of amides is 1. The van der Waals surface area contributed by atoms with Gasteiger partial charge in [0.1, 0.15) is 5.65 Å². The fraction of sp³-hybridized carbons (Fsp3) is 0.636. The van der Waals surface area contributed by atoms with Crippen molar-refractivity contribution in [2.45, 2.75) is 83.6 Å². The number of pyridine rings is 1. The van der Waals surface area contributed by atoms with E-state index in [0.29, 0.717) is 6.42 Å². The molecule has 0 aromatic carbocycles. The largest absolute Gasteiger partial charge is 0.355 e. The molecule has 0 saturated carbocycles. The summed E-state index contributed by atoms with van der Waals surface area (Å²) in [6, 6.07) is 3.38. The number of nitrogens with two attached hydrogens (primary N) is 1. The van der Waals surface area contributed by atoms with Gasteiger partial charge in [0.2, 0.25) is 5.91 Å². The van der Waals surface area contributed by atoms with E-state index in [1.807, 2.05) is 18.3 Å². The van der Waals surface area contributed by atoms with Crippen LogP contribution in [-0.2, 0) is 11.2 Å². The van der Waals surface area contributed by atoms with Crippen molar-refractivity contribution >= 4 is 16.9 Å². The van der Waals surface area contributed by atoms with Crippen LogP contribution in [0.25, 0.3) is 11.0 Å². The van der Waals surface area contributed by atoms with Crippen LogP contribution in [0.4, 0.5) is 0 Å². The predicted octanol–water partition coefficient (Wildman–Crippen LogP) is 4.47. The number of carbonyl (C=O) groups is 1. The Labute approximate surface area is 163 Å². The number of unbranched alkanes of at least 4 members (excludes halogenated alkanes) is 9. The van der Waals surface area contributed by atoms with Gasteiger partial charge in [-0.2, -0.15) is 0 Å². The predicted molar refractivity (Wildman–Crippen MR) is 113 cm³/mol. The highest BCUT2D eigenvalue weighted by atomic mass is 16.2. The second kappa shape index (κ2) is 12.5. The second-order valence-corrected chi connectivity index (χ2v) is 7.50. The summed E-state index contributed by atoms with van der Waals surface area (Å²) in [5.74, 6) is -0.0656. The first-order chi connectivity index (χ1) is 13.2. The van der Waals surface area contributed by atoms with Crippen molar-refractivity contribution < 1.29 is 4.79 Å². The Kier molecular flexibility index (Phi) is 9.91. The van der Waals surface area contributed by atoms with Crippen LogP contribution in [-0.4, -0.2) is 28.5 Å². The minimum Gasteiger partial charge on any atom is -0.355 e. The molecule has 0 unspecified atom stereocenters. The minimum absolute atomic E-state index is 0.0656. The molecule has 4 N–H and O–H groups in total. The summed E-state index contributed by atoms with van der Waals surface area (Å²) < 4.78 is 0. The van der Waals surface area contributed by atoms with Crippen molar-refractivity contribution in [3.8, 4) is 0 Å². The average Bonchev–Trinajstić information content (AvgIpc) is 3.09. The number of aromatic amines is 1. The summed E-state index contributed by atoms with van der Waals surface area (Å²) in [5, 5.41) is 4.02. The van der Waals surface area contributed by atoms with E-state index in [0.717, 1.165) is 29.6 Å². The van der Waals surface area contributed by atoms with E-state index in [9.17, 15) is 4.79 Å². The van der Waals surface area contributed by atoms with E-state index < -0.39 is 6.04 Å². The van der Waals surface area contributed by atoms with Gasteiger partial charge in [-0.25, -0.2) is 4.98 Å². The Bertz CT molecular complexity index is 667. The summed E-state index contributed by atoms with van der Waals surface area (Å²) in [5.41, 5.74) is 7.96. The van der Waals surface area contributed by atoms with Gasteiger partial charge >= 0.3 is 0 Å². The maximum absolute atomic E-state index is 12.2. The molecule has 2 aromatic heterocycles.